The molecular formula is C43H36Cl8F6N6OS2. The van der Waals surface area contributed by atoms with Gasteiger partial charge in [-0.15, -0.1) is 0 Å². The Bertz CT molecular complexity index is 2600. The summed E-state index contributed by atoms with van der Waals surface area (Å²) in [6.07, 6.45) is -8.91. The molecule has 0 bridgehead atoms. The van der Waals surface area contributed by atoms with Gasteiger partial charge in [0.1, 0.15) is 17.1 Å². The summed E-state index contributed by atoms with van der Waals surface area (Å²) in [5, 5.41) is 0.900. The minimum atomic E-state index is -5.03. The largest absolute Gasteiger partial charge is 0.497 e. The third kappa shape index (κ3) is 12.8. The first-order chi connectivity index (χ1) is 31.1. The molecule has 2 heterocycles. The van der Waals surface area contributed by atoms with Crippen molar-refractivity contribution in [1.29, 1.82) is 0 Å². The van der Waals surface area contributed by atoms with Crippen LogP contribution < -0.4 is 14.8 Å². The minimum absolute atomic E-state index is 0.0416. The Kier molecular flexibility index (Phi) is 17.9. The SMILES string of the molecule is CCCN(Cc1ccc(OC)cc1)Cc1sc(N(c2c(Cl)cc(Cl)cc2Cl)N(c2nc(C(F)(F)F)c(CN(CCC)Cc3ccc(Cl)c(Cl)c3)s2)c2c(Cl)cc(Cl)cc2Cl)nc1C(F)(F)F. The molecule has 6 rings (SSSR count). The predicted molar refractivity (Wildman–Crippen MR) is 260 cm³/mol. The van der Waals surface area contributed by atoms with Crippen LogP contribution in [0.1, 0.15) is 59.0 Å². The average molecular weight is 1110 g/mol. The van der Waals surface area contributed by atoms with Gasteiger partial charge in [0.15, 0.2) is 11.4 Å². The van der Waals surface area contributed by atoms with Crippen LogP contribution in [0.3, 0.4) is 0 Å². The van der Waals surface area contributed by atoms with Crippen LogP contribution in [0.25, 0.3) is 0 Å². The number of hydrogen-bond acceptors (Lipinski definition) is 9. The molecule has 0 amide bonds. The number of hydrazine groups is 1. The molecule has 66 heavy (non-hydrogen) atoms. The number of thiazole rings is 2. The zero-order valence-electron chi connectivity index (χ0n) is 34.7. The highest BCUT2D eigenvalue weighted by molar-refractivity contribution is 7.16. The lowest BCUT2D eigenvalue weighted by molar-refractivity contribution is -0.142. The monoisotopic (exact) mass is 1110 g/mol. The Labute approximate surface area is 425 Å². The lowest BCUT2D eigenvalue weighted by Crippen LogP contribution is -2.37. The topological polar surface area (TPSA) is 48.0 Å². The van der Waals surface area contributed by atoms with E-state index in [1.54, 1.807) is 47.4 Å². The second-order valence-electron chi connectivity index (χ2n) is 14.6. The van der Waals surface area contributed by atoms with E-state index in [1.807, 2.05) is 18.7 Å². The molecule has 0 N–H and O–H groups in total. The van der Waals surface area contributed by atoms with Gasteiger partial charge in [-0.3, -0.25) is 9.80 Å². The van der Waals surface area contributed by atoms with Crippen molar-refractivity contribution in [3.05, 3.63) is 139 Å². The molecular weight excluding hydrogens is 1080 g/mol. The summed E-state index contributed by atoms with van der Waals surface area (Å²) in [7, 11) is 1.52. The smallest absolute Gasteiger partial charge is 0.434 e. The molecule has 0 unspecified atom stereocenters. The van der Waals surface area contributed by atoms with Crippen LogP contribution in [0.2, 0.25) is 40.2 Å². The van der Waals surface area contributed by atoms with Crippen LogP contribution in [0.5, 0.6) is 5.75 Å². The number of aromatic nitrogens is 2. The van der Waals surface area contributed by atoms with E-state index in [9.17, 15) is 0 Å². The lowest BCUT2D eigenvalue weighted by atomic mass is 10.2. The number of anilines is 4. The fourth-order valence-corrected chi connectivity index (χ4v) is 11.4. The zero-order valence-corrected chi connectivity index (χ0v) is 42.4. The van der Waals surface area contributed by atoms with Crippen molar-refractivity contribution in [3.8, 4) is 5.75 Å². The zero-order chi connectivity index (χ0) is 48.2. The second kappa shape index (κ2) is 22.4. The summed E-state index contributed by atoms with van der Waals surface area (Å²) >= 11 is 53.8. The van der Waals surface area contributed by atoms with Crippen molar-refractivity contribution in [2.75, 3.05) is 30.2 Å². The van der Waals surface area contributed by atoms with E-state index < -0.39 is 34.0 Å². The van der Waals surface area contributed by atoms with E-state index in [-0.39, 0.29) is 82.5 Å². The third-order valence-electron chi connectivity index (χ3n) is 9.63. The average Bonchev–Trinajstić information content (AvgIpc) is 3.84. The van der Waals surface area contributed by atoms with Crippen LogP contribution in [0.4, 0.5) is 48.0 Å². The van der Waals surface area contributed by atoms with Crippen molar-refractivity contribution in [2.45, 2.75) is 65.2 Å². The molecule has 23 heteroatoms. The molecule has 0 saturated heterocycles. The fraction of sp³-hybridized carbons (Fsp3) is 0.302. The van der Waals surface area contributed by atoms with Gasteiger partial charge >= 0.3 is 12.4 Å². The fourth-order valence-electron chi connectivity index (χ4n) is 6.91. The molecule has 0 aliphatic rings. The molecule has 2 aromatic heterocycles. The number of alkyl halides is 6. The van der Waals surface area contributed by atoms with Crippen LogP contribution in [0, 0.1) is 0 Å². The first kappa shape index (κ1) is 52.7. The standard InChI is InChI=1S/C43H36Cl8F6N6OS2/c1-4-12-60(19-23-6-9-27(64-3)10-7-23)21-34-38(42(52,53)54)58-40(65-34)62(36-30(48)15-25(44)16-31(36)49)63(37-32(50)17-26(45)18-33(37)51)41-59-39(43(55,56)57)35(66-41)22-61(13-5-2)20-24-8-11-28(46)29(47)14-24/h6-11,14-18H,4-5,12-13,19-22H2,1-3H3. The molecule has 0 aliphatic carbocycles. The van der Waals surface area contributed by atoms with Gasteiger partial charge in [-0.05, 0) is 85.6 Å². The highest BCUT2D eigenvalue weighted by atomic mass is 35.5. The number of benzene rings is 4. The van der Waals surface area contributed by atoms with Gasteiger partial charge in [-0.1, -0.05) is 148 Å². The van der Waals surface area contributed by atoms with Crippen LogP contribution >= 0.6 is 115 Å². The van der Waals surface area contributed by atoms with Gasteiger partial charge in [0, 0.05) is 36.2 Å². The summed E-state index contributed by atoms with van der Waals surface area (Å²) in [5.74, 6) is 0.605. The Balaban J connectivity index is 1.60. The Morgan fingerprint density at radius 2 is 0.909 bits per heavy atom. The maximum atomic E-state index is 15.3. The predicted octanol–water partition coefficient (Wildman–Crippen LogP) is 17.6. The molecule has 4 aromatic carbocycles. The quantitative estimate of drug-likeness (QED) is 0.0628. The van der Waals surface area contributed by atoms with Gasteiger partial charge in [0.05, 0.1) is 47.0 Å². The molecule has 0 atom stereocenters. The van der Waals surface area contributed by atoms with E-state index in [1.165, 1.54) is 31.4 Å². The summed E-state index contributed by atoms with van der Waals surface area (Å²) in [6, 6.07) is 17.1. The summed E-state index contributed by atoms with van der Waals surface area (Å²) in [4.78, 5) is 11.4. The van der Waals surface area contributed by atoms with Gasteiger partial charge in [0.2, 0.25) is 10.3 Å². The highest BCUT2D eigenvalue weighted by Crippen LogP contribution is 2.52. The molecule has 0 saturated carbocycles. The normalized spacial score (nSPS) is 12.2. The van der Waals surface area contributed by atoms with Gasteiger partial charge < -0.3 is 4.74 Å². The number of nitrogens with zero attached hydrogens (tertiary/aromatic N) is 6. The maximum absolute atomic E-state index is 15.3. The first-order valence-electron chi connectivity index (χ1n) is 19.7. The Morgan fingerprint density at radius 1 is 0.515 bits per heavy atom. The van der Waals surface area contributed by atoms with E-state index in [4.69, 9.17) is 97.5 Å². The summed E-state index contributed by atoms with van der Waals surface area (Å²) < 4.78 is 96.9. The van der Waals surface area contributed by atoms with E-state index in [0.29, 0.717) is 64.9 Å². The van der Waals surface area contributed by atoms with Crippen molar-refractivity contribution in [2.24, 2.45) is 0 Å². The molecule has 0 fully saturated rings. The highest BCUT2D eigenvalue weighted by Gasteiger charge is 2.43. The third-order valence-corrected chi connectivity index (χ3v) is 14.0. The Hall–Kier alpha value is -2.64. The van der Waals surface area contributed by atoms with Gasteiger partial charge in [-0.2, -0.15) is 26.3 Å². The minimum Gasteiger partial charge on any atom is -0.497 e. The number of ether oxygens (including phenoxy) is 1. The molecule has 354 valence electrons. The number of methoxy groups -OCH3 is 1. The van der Waals surface area contributed by atoms with Crippen molar-refractivity contribution < 1.29 is 31.1 Å². The van der Waals surface area contributed by atoms with Crippen molar-refractivity contribution in [3.63, 3.8) is 0 Å². The summed E-state index contributed by atoms with van der Waals surface area (Å²) in [5.41, 5.74) is -1.53. The molecule has 0 radical (unpaired) electrons. The van der Waals surface area contributed by atoms with Crippen LogP contribution in [-0.2, 0) is 38.5 Å². The summed E-state index contributed by atoms with van der Waals surface area (Å²) in [6.45, 7) is 4.40. The number of hydrogen-bond donors (Lipinski definition) is 0. The lowest BCUT2D eigenvalue weighted by Gasteiger charge is -2.36. The van der Waals surface area contributed by atoms with E-state index in [0.717, 1.165) is 15.6 Å². The molecule has 0 spiro atoms. The Morgan fingerprint density at radius 3 is 1.27 bits per heavy atom. The van der Waals surface area contributed by atoms with E-state index in [2.05, 4.69) is 9.97 Å². The van der Waals surface area contributed by atoms with Crippen LogP contribution in [-0.4, -0.2) is 40.0 Å². The maximum Gasteiger partial charge on any atom is 0.434 e. The van der Waals surface area contributed by atoms with E-state index >= 15 is 26.3 Å². The first-order valence-corrected chi connectivity index (χ1v) is 24.3. The second-order valence-corrected chi connectivity index (χ2v) is 20.0. The number of halogens is 14. The number of rotatable bonds is 18. The molecule has 0 aliphatic heterocycles. The van der Waals surface area contributed by atoms with Gasteiger partial charge in [0.25, 0.3) is 0 Å². The van der Waals surface area contributed by atoms with Crippen molar-refractivity contribution >= 4 is 137 Å². The van der Waals surface area contributed by atoms with Gasteiger partial charge in [-0.25, -0.2) is 20.0 Å². The van der Waals surface area contributed by atoms with Crippen LogP contribution in [0.15, 0.2) is 66.7 Å². The van der Waals surface area contributed by atoms with Crippen molar-refractivity contribution in [1.82, 2.24) is 19.8 Å². The molecule has 7 nitrogen and oxygen atoms in total. The molecule has 6 aromatic rings.